The topological polar surface area (TPSA) is 75.9 Å². The number of amides is 2. The van der Waals surface area contributed by atoms with E-state index < -0.39 is 5.41 Å². The van der Waals surface area contributed by atoms with E-state index in [1.807, 2.05) is 30.3 Å². The number of benzene rings is 1. The van der Waals surface area contributed by atoms with Crippen LogP contribution in [0.2, 0.25) is 0 Å². The molecule has 2 amide bonds. The molecule has 1 aliphatic heterocycles. The molecule has 0 bridgehead atoms. The number of nitrogens with zero attached hydrogens (tertiary/aromatic N) is 2. The molecule has 0 spiro atoms. The second-order valence-corrected chi connectivity index (χ2v) is 6.77. The van der Waals surface area contributed by atoms with Crippen molar-refractivity contribution in [2.45, 2.75) is 24.3 Å². The van der Waals surface area contributed by atoms with E-state index >= 15 is 0 Å². The lowest BCUT2D eigenvalue weighted by Gasteiger charge is -2.47. The van der Waals surface area contributed by atoms with Crippen LogP contribution in [-0.4, -0.2) is 67.6 Å². The summed E-state index contributed by atoms with van der Waals surface area (Å²) in [5.74, 6) is -0.0435. The monoisotopic (exact) mass is 331 g/mol. The summed E-state index contributed by atoms with van der Waals surface area (Å²) in [5, 5.41) is 0. The van der Waals surface area contributed by atoms with Gasteiger partial charge in [-0.1, -0.05) is 30.3 Å². The summed E-state index contributed by atoms with van der Waals surface area (Å²) in [7, 11) is 1.70. The Bertz CT molecular complexity index is 593. The first kappa shape index (κ1) is 16.9. The zero-order valence-corrected chi connectivity index (χ0v) is 14.1. The van der Waals surface area contributed by atoms with Gasteiger partial charge in [-0.3, -0.25) is 9.59 Å². The van der Waals surface area contributed by atoms with E-state index in [4.69, 9.17) is 10.5 Å². The Labute approximate surface area is 142 Å². The lowest BCUT2D eigenvalue weighted by atomic mass is 9.61. The van der Waals surface area contributed by atoms with Gasteiger partial charge in [0.2, 0.25) is 11.8 Å². The van der Waals surface area contributed by atoms with Gasteiger partial charge in [-0.05, 0) is 18.4 Å². The highest BCUT2D eigenvalue weighted by Crippen LogP contribution is 2.44. The molecule has 1 aliphatic carbocycles. The highest BCUT2D eigenvalue weighted by molar-refractivity contribution is 5.92. The van der Waals surface area contributed by atoms with Gasteiger partial charge in [0.1, 0.15) is 0 Å². The average molecular weight is 331 g/mol. The van der Waals surface area contributed by atoms with Gasteiger partial charge in [-0.15, -0.1) is 0 Å². The minimum Gasteiger partial charge on any atom is -0.378 e. The number of hydrogen-bond acceptors (Lipinski definition) is 4. The minimum absolute atomic E-state index is 0.0167. The van der Waals surface area contributed by atoms with E-state index in [0.717, 1.165) is 5.56 Å². The minimum atomic E-state index is -0.583. The molecule has 24 heavy (non-hydrogen) atoms. The van der Waals surface area contributed by atoms with Crippen LogP contribution in [0.5, 0.6) is 0 Å². The molecule has 6 heteroatoms. The molecule has 2 fully saturated rings. The molecule has 2 N–H and O–H groups in total. The molecule has 0 atom stereocenters. The first-order valence-electron chi connectivity index (χ1n) is 8.45. The molecule has 1 heterocycles. The Morgan fingerprint density at radius 1 is 1.25 bits per heavy atom. The maximum atomic E-state index is 13.1. The van der Waals surface area contributed by atoms with Gasteiger partial charge >= 0.3 is 0 Å². The molecule has 3 rings (SSSR count). The molecule has 1 aromatic carbocycles. The Morgan fingerprint density at radius 2 is 1.88 bits per heavy atom. The molecular weight excluding hydrogens is 306 g/mol. The maximum absolute atomic E-state index is 13.1. The van der Waals surface area contributed by atoms with Gasteiger partial charge in [0.15, 0.2) is 0 Å². The van der Waals surface area contributed by atoms with Gasteiger partial charge in [-0.25, -0.2) is 0 Å². The summed E-state index contributed by atoms with van der Waals surface area (Å²) in [4.78, 5) is 28.8. The van der Waals surface area contributed by atoms with Gasteiger partial charge in [0.05, 0.1) is 25.2 Å². The van der Waals surface area contributed by atoms with Crippen molar-refractivity contribution in [2.24, 2.45) is 5.73 Å². The largest absolute Gasteiger partial charge is 0.378 e. The van der Waals surface area contributed by atoms with Crippen molar-refractivity contribution < 1.29 is 14.3 Å². The summed E-state index contributed by atoms with van der Waals surface area (Å²) >= 11 is 0. The smallest absolute Gasteiger partial charge is 0.242 e. The first-order chi connectivity index (χ1) is 11.5. The van der Waals surface area contributed by atoms with Crippen LogP contribution in [0.1, 0.15) is 18.4 Å². The van der Waals surface area contributed by atoms with Crippen molar-refractivity contribution in [3.05, 3.63) is 35.9 Å². The zero-order chi connectivity index (χ0) is 17.2. The Balaban J connectivity index is 1.70. The second-order valence-electron chi connectivity index (χ2n) is 6.77. The number of rotatable bonds is 4. The van der Waals surface area contributed by atoms with Crippen molar-refractivity contribution in [3.63, 3.8) is 0 Å². The van der Waals surface area contributed by atoms with Crippen LogP contribution in [0.15, 0.2) is 30.3 Å². The van der Waals surface area contributed by atoms with Crippen molar-refractivity contribution in [2.75, 3.05) is 39.9 Å². The highest BCUT2D eigenvalue weighted by atomic mass is 16.5. The number of ether oxygens (including phenoxy) is 1. The van der Waals surface area contributed by atoms with Gasteiger partial charge < -0.3 is 20.3 Å². The Hall–Kier alpha value is -1.92. The lowest BCUT2D eigenvalue weighted by Crippen LogP contribution is -2.59. The fourth-order valence-corrected chi connectivity index (χ4v) is 3.68. The zero-order valence-electron chi connectivity index (χ0n) is 14.1. The van der Waals surface area contributed by atoms with Gasteiger partial charge in [0, 0.05) is 26.2 Å². The third kappa shape index (κ3) is 3.16. The number of nitrogens with two attached hydrogens (primary N) is 1. The number of carbonyl (C=O) groups is 2. The fourth-order valence-electron chi connectivity index (χ4n) is 3.68. The van der Waals surface area contributed by atoms with E-state index in [9.17, 15) is 9.59 Å². The summed E-state index contributed by atoms with van der Waals surface area (Å²) < 4.78 is 5.26. The molecule has 130 valence electrons. The van der Waals surface area contributed by atoms with Gasteiger partial charge in [-0.2, -0.15) is 0 Å². The van der Waals surface area contributed by atoms with E-state index in [0.29, 0.717) is 39.1 Å². The van der Waals surface area contributed by atoms with Crippen molar-refractivity contribution in [1.29, 1.82) is 0 Å². The third-order valence-corrected chi connectivity index (χ3v) is 5.04. The quantitative estimate of drug-likeness (QED) is 0.864. The number of likely N-dealkylation sites (N-methyl/N-ethyl adjacent to an activating group) is 1. The number of carbonyl (C=O) groups excluding carboxylic acids is 2. The summed E-state index contributed by atoms with van der Waals surface area (Å²) in [6, 6.07) is 9.80. The summed E-state index contributed by atoms with van der Waals surface area (Å²) in [6.07, 6.45) is 1.26. The van der Waals surface area contributed by atoms with E-state index in [2.05, 4.69) is 0 Å². The summed E-state index contributed by atoms with van der Waals surface area (Å²) in [5.41, 5.74) is 6.39. The predicted molar refractivity (Wildman–Crippen MR) is 90.4 cm³/mol. The Kier molecular flexibility index (Phi) is 4.87. The van der Waals surface area contributed by atoms with E-state index in [1.165, 1.54) is 0 Å². The number of morpholine rings is 1. The standard InChI is InChI=1S/C18H25N3O3/c1-20(13-16(22)21-7-9-24-10-8-21)17(23)18(11-15(19)12-18)14-5-3-2-4-6-14/h2-6,15H,7-13,19H2,1H3. The SMILES string of the molecule is CN(CC(=O)N1CCOCC1)C(=O)C1(c2ccccc2)CC(N)C1. The van der Waals surface area contributed by atoms with Crippen molar-refractivity contribution in [1.82, 2.24) is 9.80 Å². The predicted octanol–water partition coefficient (Wildman–Crippen LogP) is 0.363. The van der Waals surface area contributed by atoms with Crippen LogP contribution in [0.4, 0.5) is 0 Å². The molecule has 1 saturated carbocycles. The second kappa shape index (κ2) is 6.91. The van der Waals surface area contributed by atoms with E-state index in [-0.39, 0.29) is 24.4 Å². The molecule has 6 nitrogen and oxygen atoms in total. The average Bonchev–Trinajstić information content (AvgIpc) is 2.59. The molecule has 0 aromatic heterocycles. The summed E-state index contributed by atoms with van der Waals surface area (Å²) in [6.45, 7) is 2.41. The van der Waals surface area contributed by atoms with Crippen LogP contribution in [0, 0.1) is 0 Å². The molecular formula is C18H25N3O3. The van der Waals surface area contributed by atoms with Crippen molar-refractivity contribution >= 4 is 11.8 Å². The highest BCUT2D eigenvalue weighted by Gasteiger charge is 2.51. The van der Waals surface area contributed by atoms with Crippen LogP contribution in [0.25, 0.3) is 0 Å². The third-order valence-electron chi connectivity index (χ3n) is 5.04. The Morgan fingerprint density at radius 3 is 2.46 bits per heavy atom. The van der Waals surface area contributed by atoms with Crippen LogP contribution in [0.3, 0.4) is 0 Å². The van der Waals surface area contributed by atoms with Crippen LogP contribution in [-0.2, 0) is 19.7 Å². The molecule has 0 radical (unpaired) electrons. The molecule has 0 unspecified atom stereocenters. The molecule has 1 aromatic rings. The molecule has 2 aliphatic rings. The van der Waals surface area contributed by atoms with Crippen LogP contribution < -0.4 is 5.73 Å². The van der Waals surface area contributed by atoms with Crippen LogP contribution >= 0.6 is 0 Å². The number of hydrogen-bond donors (Lipinski definition) is 1. The van der Waals surface area contributed by atoms with Gasteiger partial charge in [0.25, 0.3) is 0 Å². The van der Waals surface area contributed by atoms with Crippen molar-refractivity contribution in [3.8, 4) is 0 Å². The fraction of sp³-hybridized carbons (Fsp3) is 0.556. The molecule has 1 saturated heterocycles. The lowest BCUT2D eigenvalue weighted by molar-refractivity contribution is -0.147. The maximum Gasteiger partial charge on any atom is 0.242 e. The first-order valence-corrected chi connectivity index (χ1v) is 8.45. The van der Waals surface area contributed by atoms with E-state index in [1.54, 1.807) is 16.8 Å². The normalized spacial score (nSPS) is 26.6.